The SMILES string of the molecule is [O]=[Cu].[O]=[La]. The van der Waals surface area contributed by atoms with Crippen LogP contribution >= 0.6 is 0 Å². The summed E-state index contributed by atoms with van der Waals surface area (Å²) < 4.78 is 16.2. The summed E-state index contributed by atoms with van der Waals surface area (Å²) in [6, 6.07) is 0. The first-order valence-electron chi connectivity index (χ1n) is 0.359. The quantitative estimate of drug-likeness (QED) is 0.542. The van der Waals surface area contributed by atoms with Crippen molar-refractivity contribution in [3.05, 3.63) is 0 Å². The molecule has 0 saturated heterocycles. The molecule has 0 saturated carbocycles. The number of rotatable bonds is 0. The van der Waals surface area contributed by atoms with Gasteiger partial charge in [-0.2, -0.15) is 0 Å². The van der Waals surface area contributed by atoms with E-state index in [4.69, 9.17) is 5.53 Å². The fraction of sp³-hybridized carbons (Fsp3) is 0. The average Bonchev–Trinajstić information content (AvgIpc) is 1.50. The van der Waals surface area contributed by atoms with Gasteiger partial charge >= 0.3 is 55.3 Å². The molecule has 0 aromatic carbocycles. The van der Waals surface area contributed by atoms with Gasteiger partial charge in [0, 0.05) is 0 Å². The van der Waals surface area contributed by atoms with Gasteiger partial charge < -0.3 is 0 Å². The van der Waals surface area contributed by atoms with Crippen LogP contribution in [0.15, 0.2) is 0 Å². The Labute approximate surface area is 54.7 Å². The molecule has 0 aromatic heterocycles. The van der Waals surface area contributed by atoms with Crippen molar-refractivity contribution < 1.29 is 55.3 Å². The second kappa shape index (κ2) is 27.4. The van der Waals surface area contributed by atoms with Crippen molar-refractivity contribution in [3.8, 4) is 0 Å². The Morgan fingerprint density at radius 3 is 1.25 bits per heavy atom. The molecular weight excluding hydrogens is 234 g/mol. The Hall–Kier alpha value is 1.31. The fourth-order valence-corrected chi connectivity index (χ4v) is 0. The molecule has 0 N–H and O–H groups in total. The molecule has 0 aliphatic heterocycles. The summed E-state index contributed by atoms with van der Waals surface area (Å²) in [5, 5.41) is 0. The van der Waals surface area contributed by atoms with Crippen molar-refractivity contribution in [2.75, 3.05) is 0 Å². The van der Waals surface area contributed by atoms with E-state index in [1.165, 1.54) is 0 Å². The van der Waals surface area contributed by atoms with Crippen molar-refractivity contribution in [2.45, 2.75) is 0 Å². The van der Waals surface area contributed by atoms with E-state index in [9.17, 15) is 0 Å². The van der Waals surface area contributed by atoms with Gasteiger partial charge in [-0.1, -0.05) is 0 Å². The summed E-state index contributed by atoms with van der Waals surface area (Å²) >= 11 is 2.85. The Morgan fingerprint density at radius 1 is 1.25 bits per heavy atom. The zero-order valence-electron chi connectivity index (χ0n) is 1.70. The molecule has 0 radical (unpaired) electrons. The van der Waals surface area contributed by atoms with Crippen molar-refractivity contribution in [1.29, 1.82) is 0 Å². The molecule has 0 unspecified atom stereocenters. The zero-order valence-corrected chi connectivity index (χ0v) is 6.26. The van der Waals surface area contributed by atoms with Gasteiger partial charge in [-0.05, 0) is 0 Å². The van der Waals surface area contributed by atoms with Crippen LogP contribution in [-0.4, -0.2) is 0 Å². The van der Waals surface area contributed by atoms with Crippen LogP contribution in [0.2, 0.25) is 0 Å². The van der Waals surface area contributed by atoms with Crippen LogP contribution in [0.5, 0.6) is 0 Å². The monoisotopic (exact) mass is 234 g/mol. The molecule has 4 heavy (non-hydrogen) atoms. The molecule has 0 aromatic rings. The predicted octanol–water partition coefficient (Wildman–Crippen LogP) is -0.240. The third kappa shape index (κ3) is 10.3. The minimum absolute atomic E-state index is 0.0833. The van der Waals surface area contributed by atoms with E-state index in [0.717, 1.165) is 0 Å². The van der Waals surface area contributed by atoms with Crippen molar-refractivity contribution in [3.63, 3.8) is 0 Å². The molecule has 0 spiro atoms. The zero-order chi connectivity index (χ0) is 4.00. The maximum absolute atomic E-state index is 8.42. The molecule has 26 valence electrons. The van der Waals surface area contributed by atoms with Crippen LogP contribution in [0.4, 0.5) is 0 Å². The Balaban J connectivity index is 0. The average molecular weight is 234 g/mol. The fourth-order valence-electron chi connectivity index (χ4n) is 0. The molecule has 2 nitrogen and oxygen atoms in total. The second-order valence-electron chi connectivity index (χ2n) is 0. The Bertz CT molecular complexity index is 8.00. The van der Waals surface area contributed by atoms with Gasteiger partial charge in [0.25, 0.3) is 0 Å². The van der Waals surface area contributed by atoms with E-state index >= 15 is 0 Å². The first kappa shape index (κ1) is 9.00. The molecule has 0 aliphatic rings. The van der Waals surface area contributed by atoms with Gasteiger partial charge in [-0.15, -0.1) is 0 Å². The van der Waals surface area contributed by atoms with Crippen molar-refractivity contribution in [2.24, 2.45) is 0 Å². The first-order valence-corrected chi connectivity index (χ1v) is 2.22. The van der Waals surface area contributed by atoms with Crippen molar-refractivity contribution >= 4 is 0 Å². The normalized spacial score (nSPS) is 3.00. The van der Waals surface area contributed by atoms with E-state index in [1.807, 2.05) is 0 Å². The number of hydrogen-bond acceptors (Lipinski definition) is 2. The number of hydrogen-bond donors (Lipinski definition) is 0. The van der Waals surface area contributed by atoms with Crippen LogP contribution in [-0.2, 0) is 21.5 Å². The summed E-state index contributed by atoms with van der Waals surface area (Å²) in [5.41, 5.74) is 0. The summed E-state index contributed by atoms with van der Waals surface area (Å²) in [5.74, 6) is 0. The van der Waals surface area contributed by atoms with Gasteiger partial charge in [0.2, 0.25) is 0 Å². The predicted molar refractivity (Wildman–Crippen MR) is 1.37 cm³/mol. The van der Waals surface area contributed by atoms with Crippen molar-refractivity contribution in [1.82, 2.24) is 0 Å². The molecular formula is CuLaO2. The van der Waals surface area contributed by atoms with E-state index in [1.54, 1.807) is 0 Å². The van der Waals surface area contributed by atoms with Gasteiger partial charge in [0.1, 0.15) is 0 Å². The molecule has 0 heterocycles. The topological polar surface area (TPSA) is 34.1 Å². The first-order chi connectivity index (χ1) is 2.00. The molecule has 0 bridgehead atoms. The summed E-state index contributed by atoms with van der Waals surface area (Å²) in [6.07, 6.45) is 0. The third-order valence-electron chi connectivity index (χ3n) is 0. The van der Waals surface area contributed by atoms with Crippen LogP contribution in [0.3, 0.4) is 0 Å². The van der Waals surface area contributed by atoms with E-state index in [2.05, 4.69) is 15.9 Å². The van der Waals surface area contributed by atoms with E-state index < -0.39 is 0 Å². The van der Waals surface area contributed by atoms with E-state index in [0.29, 0.717) is 0 Å². The molecule has 4 heteroatoms. The molecule has 0 amide bonds. The van der Waals surface area contributed by atoms with Gasteiger partial charge in [0.05, 0.1) is 0 Å². The molecule has 0 rings (SSSR count). The van der Waals surface area contributed by atoms with Crippen LogP contribution in [0, 0.1) is 33.8 Å². The van der Waals surface area contributed by atoms with Gasteiger partial charge in [-0.3, -0.25) is 0 Å². The Morgan fingerprint density at radius 2 is 1.25 bits per heavy atom. The van der Waals surface area contributed by atoms with Gasteiger partial charge in [-0.25, -0.2) is 0 Å². The summed E-state index contributed by atoms with van der Waals surface area (Å²) in [7, 11) is 0. The molecule has 0 atom stereocenters. The standard InChI is InChI=1S/Cu.La.2O. The molecule has 0 fully saturated rings. The second-order valence-corrected chi connectivity index (χ2v) is 0. The summed E-state index contributed by atoms with van der Waals surface area (Å²) in [6.45, 7) is 0. The Kier molecular flexibility index (Phi) is 61.8. The summed E-state index contributed by atoms with van der Waals surface area (Å²) in [4.78, 5) is 0. The maximum atomic E-state index is 8.42. The van der Waals surface area contributed by atoms with Crippen LogP contribution in [0.1, 0.15) is 0 Å². The van der Waals surface area contributed by atoms with Gasteiger partial charge in [0.15, 0.2) is 0 Å². The third-order valence-corrected chi connectivity index (χ3v) is 0. The van der Waals surface area contributed by atoms with E-state index in [-0.39, 0.29) is 33.8 Å². The minimum atomic E-state index is -0.0833. The van der Waals surface area contributed by atoms with Crippen LogP contribution in [0.25, 0.3) is 0 Å². The molecule has 0 aliphatic carbocycles. The van der Waals surface area contributed by atoms with Crippen LogP contribution < -0.4 is 0 Å².